The first-order valence-electron chi connectivity index (χ1n) is 7.74. The van der Waals surface area contributed by atoms with Gasteiger partial charge in [-0.15, -0.1) is 0 Å². The van der Waals surface area contributed by atoms with Gasteiger partial charge in [-0.2, -0.15) is 0 Å². The molecule has 0 aromatic carbocycles. The molecule has 0 saturated heterocycles. The lowest BCUT2D eigenvalue weighted by molar-refractivity contribution is 0.180. The van der Waals surface area contributed by atoms with Crippen LogP contribution in [-0.4, -0.2) is 30.3 Å². The quantitative estimate of drug-likeness (QED) is 0.741. The Labute approximate surface area is 128 Å². The summed E-state index contributed by atoms with van der Waals surface area (Å²) in [5.41, 5.74) is 0.0307. The van der Waals surface area contributed by atoms with Crippen molar-refractivity contribution in [3.63, 3.8) is 0 Å². The number of nitrogens with one attached hydrogen (secondary N) is 1. The average Bonchev–Trinajstić information content (AvgIpc) is 2.78. The summed E-state index contributed by atoms with van der Waals surface area (Å²) in [5.74, 6) is 0.817. The zero-order valence-corrected chi connectivity index (χ0v) is 13.4. The molecule has 2 aromatic rings. The van der Waals surface area contributed by atoms with E-state index in [0.29, 0.717) is 11.2 Å². The van der Waals surface area contributed by atoms with E-state index < -0.39 is 11.2 Å². The van der Waals surface area contributed by atoms with Gasteiger partial charge in [0.15, 0.2) is 11.2 Å². The highest BCUT2D eigenvalue weighted by molar-refractivity contribution is 5.70. The van der Waals surface area contributed by atoms with Crippen LogP contribution < -0.4 is 11.2 Å². The monoisotopic (exact) mass is 308 g/mol. The summed E-state index contributed by atoms with van der Waals surface area (Å²) in [6.45, 7) is 1.81. The number of rotatable bonds is 7. The Bertz CT molecular complexity index is 754. The van der Waals surface area contributed by atoms with Crippen LogP contribution in [0.1, 0.15) is 44.9 Å². The molecule has 7 nitrogen and oxygen atoms in total. The predicted octanol–water partition coefficient (Wildman–Crippen LogP) is 0.834. The fourth-order valence-corrected chi connectivity index (χ4v) is 2.65. The highest BCUT2D eigenvalue weighted by Gasteiger charge is 2.14. The van der Waals surface area contributed by atoms with Crippen LogP contribution in [0.3, 0.4) is 0 Å². The standard InChI is InChI=1S/C15H24N4O3/c1-10(20)8-6-4-5-7-9-11-16-13-12(18(11)2)14(21)17-15(22)19(13)3/h10,20H,4-9H2,1-3H3,(H,17,21,22). The second-order valence-electron chi connectivity index (χ2n) is 5.88. The second kappa shape index (κ2) is 6.91. The van der Waals surface area contributed by atoms with Gasteiger partial charge >= 0.3 is 5.69 Å². The van der Waals surface area contributed by atoms with Crippen molar-refractivity contribution < 1.29 is 5.11 Å². The number of nitrogens with zero attached hydrogens (tertiary/aromatic N) is 3. The Morgan fingerprint density at radius 3 is 2.50 bits per heavy atom. The number of hydrogen-bond acceptors (Lipinski definition) is 4. The number of aliphatic hydroxyl groups is 1. The molecule has 0 aliphatic heterocycles. The molecular weight excluding hydrogens is 284 g/mol. The highest BCUT2D eigenvalue weighted by atomic mass is 16.3. The zero-order valence-electron chi connectivity index (χ0n) is 13.4. The van der Waals surface area contributed by atoms with Crippen molar-refractivity contribution in [3.8, 4) is 0 Å². The Hall–Kier alpha value is -1.89. The predicted molar refractivity (Wildman–Crippen MR) is 85.0 cm³/mol. The lowest BCUT2D eigenvalue weighted by Gasteiger charge is -2.04. The van der Waals surface area contributed by atoms with Crippen LogP contribution in [0.5, 0.6) is 0 Å². The van der Waals surface area contributed by atoms with E-state index in [1.165, 1.54) is 4.57 Å². The largest absolute Gasteiger partial charge is 0.393 e. The first kappa shape index (κ1) is 16.5. The van der Waals surface area contributed by atoms with Crippen molar-refractivity contribution in [3.05, 3.63) is 26.7 Å². The van der Waals surface area contributed by atoms with Gasteiger partial charge in [0.1, 0.15) is 5.82 Å². The third kappa shape index (κ3) is 3.47. The van der Waals surface area contributed by atoms with E-state index in [9.17, 15) is 14.7 Å². The van der Waals surface area contributed by atoms with Gasteiger partial charge in [0.05, 0.1) is 6.10 Å². The van der Waals surface area contributed by atoms with Crippen LogP contribution in [0.4, 0.5) is 0 Å². The Morgan fingerprint density at radius 1 is 1.14 bits per heavy atom. The molecule has 0 aliphatic rings. The summed E-state index contributed by atoms with van der Waals surface area (Å²) >= 11 is 0. The van der Waals surface area contributed by atoms with Crippen molar-refractivity contribution in [1.29, 1.82) is 0 Å². The highest BCUT2D eigenvalue weighted by Crippen LogP contribution is 2.13. The minimum Gasteiger partial charge on any atom is -0.393 e. The normalized spacial score (nSPS) is 12.9. The first-order chi connectivity index (χ1) is 10.4. The minimum absolute atomic E-state index is 0.229. The number of aryl methyl sites for hydroxylation is 3. The number of H-pyrrole nitrogens is 1. The van der Waals surface area contributed by atoms with Gasteiger partial charge in [-0.3, -0.25) is 14.3 Å². The summed E-state index contributed by atoms with van der Waals surface area (Å²) in [7, 11) is 3.41. The van der Waals surface area contributed by atoms with Gasteiger partial charge < -0.3 is 9.67 Å². The summed E-state index contributed by atoms with van der Waals surface area (Å²) in [6.07, 6.45) is 5.51. The van der Waals surface area contributed by atoms with E-state index in [0.717, 1.165) is 44.3 Å². The molecule has 0 spiro atoms. The molecule has 2 heterocycles. The lowest BCUT2D eigenvalue weighted by atomic mass is 10.1. The smallest absolute Gasteiger partial charge is 0.329 e. The van der Waals surface area contributed by atoms with E-state index in [1.54, 1.807) is 25.6 Å². The van der Waals surface area contributed by atoms with Crippen molar-refractivity contribution in [2.75, 3.05) is 0 Å². The first-order valence-corrected chi connectivity index (χ1v) is 7.74. The van der Waals surface area contributed by atoms with Gasteiger partial charge in [-0.1, -0.05) is 19.3 Å². The Morgan fingerprint density at radius 2 is 1.82 bits per heavy atom. The lowest BCUT2D eigenvalue weighted by Crippen LogP contribution is -2.29. The third-order valence-corrected chi connectivity index (χ3v) is 4.00. The van der Waals surface area contributed by atoms with Gasteiger partial charge in [0.2, 0.25) is 0 Å². The van der Waals surface area contributed by atoms with E-state index in [2.05, 4.69) is 9.97 Å². The van der Waals surface area contributed by atoms with Crippen molar-refractivity contribution in [2.45, 2.75) is 51.6 Å². The average molecular weight is 308 g/mol. The Kier molecular flexibility index (Phi) is 5.18. The summed E-state index contributed by atoms with van der Waals surface area (Å²) < 4.78 is 3.13. The number of fused-ring (bicyclic) bond motifs is 1. The van der Waals surface area contributed by atoms with Crippen LogP contribution in [0.2, 0.25) is 0 Å². The molecule has 1 atom stereocenters. The van der Waals surface area contributed by atoms with Gasteiger partial charge in [0, 0.05) is 20.5 Å². The van der Waals surface area contributed by atoms with Crippen LogP contribution in [0.25, 0.3) is 11.2 Å². The molecule has 0 aliphatic carbocycles. The van der Waals surface area contributed by atoms with Crippen LogP contribution in [0, 0.1) is 0 Å². The van der Waals surface area contributed by atoms with Crippen molar-refractivity contribution in [2.24, 2.45) is 14.1 Å². The molecule has 0 fully saturated rings. The van der Waals surface area contributed by atoms with E-state index >= 15 is 0 Å². The molecule has 0 radical (unpaired) electrons. The molecule has 2 aromatic heterocycles. The van der Waals surface area contributed by atoms with Crippen molar-refractivity contribution in [1.82, 2.24) is 19.1 Å². The molecule has 1 unspecified atom stereocenters. The number of unbranched alkanes of at least 4 members (excludes halogenated alkanes) is 3. The second-order valence-corrected chi connectivity index (χ2v) is 5.88. The van der Waals surface area contributed by atoms with Gasteiger partial charge in [0.25, 0.3) is 5.56 Å². The van der Waals surface area contributed by atoms with E-state index in [1.807, 2.05) is 0 Å². The molecule has 2 rings (SSSR count). The molecule has 7 heteroatoms. The molecular formula is C15H24N4O3. The van der Waals surface area contributed by atoms with Gasteiger partial charge in [-0.05, 0) is 19.8 Å². The van der Waals surface area contributed by atoms with E-state index in [4.69, 9.17) is 0 Å². The number of hydrogen-bond donors (Lipinski definition) is 2. The molecule has 2 N–H and O–H groups in total. The molecule has 0 amide bonds. The summed E-state index contributed by atoms with van der Waals surface area (Å²) in [4.78, 5) is 30.3. The minimum atomic E-state index is -0.444. The van der Waals surface area contributed by atoms with E-state index in [-0.39, 0.29) is 6.10 Å². The van der Waals surface area contributed by atoms with Crippen molar-refractivity contribution >= 4 is 11.2 Å². The topological polar surface area (TPSA) is 92.9 Å². The molecule has 22 heavy (non-hydrogen) atoms. The number of imidazole rings is 1. The maximum absolute atomic E-state index is 11.9. The SMILES string of the molecule is CC(O)CCCCCCc1nc2c(c(=O)[nH]c(=O)n2C)n1C. The van der Waals surface area contributed by atoms with Crippen LogP contribution in [0.15, 0.2) is 9.59 Å². The number of aromatic nitrogens is 4. The maximum Gasteiger partial charge on any atom is 0.329 e. The zero-order chi connectivity index (χ0) is 16.3. The fraction of sp³-hybridized carbons (Fsp3) is 0.667. The van der Waals surface area contributed by atoms with Crippen LogP contribution >= 0.6 is 0 Å². The van der Waals surface area contributed by atoms with Crippen LogP contribution in [-0.2, 0) is 20.5 Å². The maximum atomic E-state index is 11.9. The summed E-state index contributed by atoms with van der Waals surface area (Å²) in [5, 5.41) is 9.20. The number of aromatic amines is 1. The number of aliphatic hydroxyl groups excluding tert-OH is 1. The molecule has 0 saturated carbocycles. The summed E-state index contributed by atoms with van der Waals surface area (Å²) in [6, 6.07) is 0. The van der Waals surface area contributed by atoms with Gasteiger partial charge in [-0.25, -0.2) is 9.78 Å². The fourth-order valence-electron chi connectivity index (χ4n) is 2.65. The third-order valence-electron chi connectivity index (χ3n) is 4.00. The molecule has 122 valence electrons. The molecule has 0 bridgehead atoms. The Balaban J connectivity index is 2.05.